The number of benzene rings is 1. The van der Waals surface area contributed by atoms with E-state index in [9.17, 15) is 9.59 Å². The number of likely N-dealkylation sites (tertiary alicyclic amines) is 1. The Kier molecular flexibility index (Phi) is 5.37. The van der Waals surface area contributed by atoms with Crippen LogP contribution < -0.4 is 5.32 Å². The van der Waals surface area contributed by atoms with Crippen molar-refractivity contribution in [2.45, 2.75) is 52.1 Å². The predicted octanol–water partition coefficient (Wildman–Crippen LogP) is 2.73. The molecule has 2 rings (SSSR count). The first kappa shape index (κ1) is 15.5. The highest BCUT2D eigenvalue weighted by Gasteiger charge is 2.20. The van der Waals surface area contributed by atoms with Crippen molar-refractivity contribution in [2.24, 2.45) is 0 Å². The number of nitrogens with one attached hydrogen (secondary N) is 1. The van der Waals surface area contributed by atoms with Gasteiger partial charge < -0.3 is 10.2 Å². The molecule has 1 heterocycles. The molecule has 0 saturated carbocycles. The highest BCUT2D eigenvalue weighted by Crippen LogP contribution is 2.14. The second-order valence-corrected chi connectivity index (χ2v) is 5.78. The summed E-state index contributed by atoms with van der Waals surface area (Å²) in [5.41, 5.74) is 1.75. The molecule has 0 unspecified atom stereocenters. The monoisotopic (exact) mass is 288 g/mol. The van der Waals surface area contributed by atoms with Gasteiger partial charge in [0.15, 0.2) is 0 Å². The first-order chi connectivity index (χ1) is 10.1. The second kappa shape index (κ2) is 7.25. The molecule has 1 N–H and O–H groups in total. The minimum atomic E-state index is -0.0280. The van der Waals surface area contributed by atoms with Gasteiger partial charge in [0.1, 0.15) is 0 Å². The normalized spacial score (nSPS) is 16.1. The van der Waals surface area contributed by atoms with E-state index in [1.807, 2.05) is 36.1 Å². The van der Waals surface area contributed by atoms with Gasteiger partial charge in [0, 0.05) is 31.1 Å². The fraction of sp³-hybridized carbons (Fsp3) is 0.529. The van der Waals surface area contributed by atoms with Gasteiger partial charge in [-0.05, 0) is 37.5 Å². The van der Waals surface area contributed by atoms with Gasteiger partial charge in [-0.15, -0.1) is 0 Å². The average Bonchev–Trinajstić information content (AvgIpc) is 2.85. The van der Waals surface area contributed by atoms with Crippen LogP contribution in [0.5, 0.6) is 0 Å². The maximum atomic E-state index is 12.1. The van der Waals surface area contributed by atoms with E-state index in [4.69, 9.17) is 0 Å². The fourth-order valence-corrected chi connectivity index (χ4v) is 2.67. The van der Waals surface area contributed by atoms with Gasteiger partial charge in [0.25, 0.3) is 5.91 Å². The van der Waals surface area contributed by atoms with Crippen LogP contribution in [0.4, 0.5) is 0 Å². The maximum absolute atomic E-state index is 12.1. The Morgan fingerprint density at radius 3 is 2.62 bits per heavy atom. The Bertz CT molecular complexity index is 496. The molecule has 4 heteroatoms. The van der Waals surface area contributed by atoms with E-state index in [2.05, 4.69) is 12.2 Å². The zero-order valence-electron chi connectivity index (χ0n) is 12.9. The van der Waals surface area contributed by atoms with Crippen LogP contribution in [-0.4, -0.2) is 29.3 Å². The van der Waals surface area contributed by atoms with Crippen LogP contribution in [0.2, 0.25) is 0 Å². The predicted molar refractivity (Wildman–Crippen MR) is 82.9 cm³/mol. The molecule has 1 fully saturated rings. The lowest BCUT2D eigenvalue weighted by Crippen LogP contribution is -2.32. The summed E-state index contributed by atoms with van der Waals surface area (Å²) in [5.74, 6) is 0.199. The van der Waals surface area contributed by atoms with Crippen molar-refractivity contribution in [3.05, 3.63) is 35.4 Å². The second-order valence-electron chi connectivity index (χ2n) is 5.78. The van der Waals surface area contributed by atoms with Crippen LogP contribution in [0.25, 0.3) is 0 Å². The molecule has 114 valence electrons. The number of hydrogen-bond acceptors (Lipinski definition) is 2. The lowest BCUT2D eigenvalue weighted by atomic mass is 10.1. The van der Waals surface area contributed by atoms with Gasteiger partial charge >= 0.3 is 0 Å². The lowest BCUT2D eigenvalue weighted by Gasteiger charge is -2.16. The SMILES string of the molecule is CCC[C@@H](C)NC(=O)c1ccc(CN2CCCC2=O)cc1. The van der Waals surface area contributed by atoms with E-state index in [0.717, 1.165) is 31.4 Å². The Hall–Kier alpha value is -1.84. The van der Waals surface area contributed by atoms with E-state index >= 15 is 0 Å². The maximum Gasteiger partial charge on any atom is 0.251 e. The molecule has 0 aliphatic carbocycles. The third kappa shape index (κ3) is 4.31. The topological polar surface area (TPSA) is 49.4 Å². The summed E-state index contributed by atoms with van der Waals surface area (Å²) in [6.45, 7) is 5.62. The average molecular weight is 288 g/mol. The van der Waals surface area contributed by atoms with Crippen LogP contribution >= 0.6 is 0 Å². The number of carbonyl (C=O) groups is 2. The van der Waals surface area contributed by atoms with Crippen LogP contribution in [0.15, 0.2) is 24.3 Å². The number of amides is 2. The largest absolute Gasteiger partial charge is 0.350 e. The molecule has 0 aromatic heterocycles. The van der Waals surface area contributed by atoms with Gasteiger partial charge in [0.05, 0.1) is 0 Å². The van der Waals surface area contributed by atoms with Crippen molar-refractivity contribution in [2.75, 3.05) is 6.54 Å². The fourth-order valence-electron chi connectivity index (χ4n) is 2.67. The molecule has 1 aromatic carbocycles. The zero-order chi connectivity index (χ0) is 15.2. The highest BCUT2D eigenvalue weighted by molar-refractivity contribution is 5.94. The van der Waals surface area contributed by atoms with E-state index in [-0.39, 0.29) is 17.9 Å². The summed E-state index contributed by atoms with van der Waals surface area (Å²) in [6, 6.07) is 7.74. The molecule has 4 nitrogen and oxygen atoms in total. The molecule has 1 aliphatic rings. The van der Waals surface area contributed by atoms with Crippen molar-refractivity contribution < 1.29 is 9.59 Å². The number of rotatable bonds is 6. The smallest absolute Gasteiger partial charge is 0.251 e. The van der Waals surface area contributed by atoms with E-state index in [1.54, 1.807) is 0 Å². The molecule has 1 atom stereocenters. The minimum absolute atomic E-state index is 0.0280. The minimum Gasteiger partial charge on any atom is -0.350 e. The molecule has 21 heavy (non-hydrogen) atoms. The van der Waals surface area contributed by atoms with Crippen LogP contribution in [0.1, 0.15) is 55.5 Å². The van der Waals surface area contributed by atoms with Gasteiger partial charge in [-0.2, -0.15) is 0 Å². The third-order valence-electron chi connectivity index (χ3n) is 3.86. The summed E-state index contributed by atoms with van der Waals surface area (Å²) in [4.78, 5) is 25.5. The first-order valence-corrected chi connectivity index (χ1v) is 7.77. The standard InChI is InChI=1S/C17H24N2O2/c1-3-5-13(2)18-17(21)15-9-7-14(8-10-15)12-19-11-4-6-16(19)20/h7-10,13H,3-6,11-12H2,1-2H3,(H,18,21)/t13-/m1/s1. The Labute approximate surface area is 126 Å². The molecule has 2 amide bonds. The Balaban J connectivity index is 1.92. The van der Waals surface area contributed by atoms with Gasteiger partial charge in [-0.1, -0.05) is 25.5 Å². The summed E-state index contributed by atoms with van der Waals surface area (Å²) >= 11 is 0. The van der Waals surface area contributed by atoms with Crippen molar-refractivity contribution in [3.63, 3.8) is 0 Å². The number of carbonyl (C=O) groups excluding carboxylic acids is 2. The van der Waals surface area contributed by atoms with E-state index in [1.165, 1.54) is 0 Å². The molecule has 0 spiro atoms. The molecule has 1 saturated heterocycles. The van der Waals surface area contributed by atoms with Crippen LogP contribution in [0.3, 0.4) is 0 Å². The number of nitrogens with zero attached hydrogens (tertiary/aromatic N) is 1. The van der Waals surface area contributed by atoms with Crippen molar-refractivity contribution >= 4 is 11.8 Å². The van der Waals surface area contributed by atoms with E-state index in [0.29, 0.717) is 18.5 Å². The summed E-state index contributed by atoms with van der Waals surface area (Å²) in [7, 11) is 0. The van der Waals surface area contributed by atoms with Crippen molar-refractivity contribution in [1.29, 1.82) is 0 Å². The highest BCUT2D eigenvalue weighted by atomic mass is 16.2. The van der Waals surface area contributed by atoms with Gasteiger partial charge in [0.2, 0.25) is 5.91 Å². The molecule has 0 bridgehead atoms. The van der Waals surface area contributed by atoms with Crippen molar-refractivity contribution in [3.8, 4) is 0 Å². The molecule has 1 aromatic rings. The molecular weight excluding hydrogens is 264 g/mol. The third-order valence-corrected chi connectivity index (χ3v) is 3.86. The molecular formula is C17H24N2O2. The Morgan fingerprint density at radius 2 is 2.05 bits per heavy atom. The number of hydrogen-bond donors (Lipinski definition) is 1. The summed E-state index contributed by atoms with van der Waals surface area (Å²) in [6.07, 6.45) is 3.66. The van der Waals surface area contributed by atoms with Crippen LogP contribution in [0, 0.1) is 0 Å². The van der Waals surface area contributed by atoms with E-state index < -0.39 is 0 Å². The molecule has 1 aliphatic heterocycles. The summed E-state index contributed by atoms with van der Waals surface area (Å²) in [5, 5.41) is 2.99. The van der Waals surface area contributed by atoms with Crippen molar-refractivity contribution in [1.82, 2.24) is 10.2 Å². The zero-order valence-corrected chi connectivity index (χ0v) is 12.9. The Morgan fingerprint density at radius 1 is 1.33 bits per heavy atom. The van der Waals surface area contributed by atoms with Gasteiger partial charge in [-0.3, -0.25) is 9.59 Å². The first-order valence-electron chi connectivity index (χ1n) is 7.77. The van der Waals surface area contributed by atoms with Crippen LogP contribution in [-0.2, 0) is 11.3 Å². The van der Waals surface area contributed by atoms with Gasteiger partial charge in [-0.25, -0.2) is 0 Å². The quantitative estimate of drug-likeness (QED) is 0.875. The lowest BCUT2D eigenvalue weighted by molar-refractivity contribution is -0.128. The summed E-state index contributed by atoms with van der Waals surface area (Å²) < 4.78 is 0. The molecule has 0 radical (unpaired) electrons.